The van der Waals surface area contributed by atoms with Crippen molar-refractivity contribution in [1.29, 1.82) is 0 Å². The lowest BCUT2D eigenvalue weighted by molar-refractivity contribution is 0.102. The Labute approximate surface area is 159 Å². The van der Waals surface area contributed by atoms with Gasteiger partial charge < -0.3 is 5.32 Å². The number of hydrogen-bond acceptors (Lipinski definition) is 4. The zero-order valence-corrected chi connectivity index (χ0v) is 16.0. The number of benzene rings is 1. The van der Waals surface area contributed by atoms with Crippen LogP contribution in [0.25, 0.3) is 0 Å². The number of aromatic nitrogens is 2. The van der Waals surface area contributed by atoms with E-state index >= 15 is 0 Å². The van der Waals surface area contributed by atoms with E-state index in [9.17, 15) is 13.2 Å². The molecule has 0 spiro atoms. The normalized spacial score (nSPS) is 19.9. The summed E-state index contributed by atoms with van der Waals surface area (Å²) < 4.78 is 27.6. The summed E-state index contributed by atoms with van der Waals surface area (Å²) in [6.07, 6.45) is 8.09. The van der Waals surface area contributed by atoms with Crippen molar-refractivity contribution in [3.05, 3.63) is 42.1 Å². The van der Waals surface area contributed by atoms with E-state index in [1.54, 1.807) is 36.5 Å². The molecule has 2 fully saturated rings. The van der Waals surface area contributed by atoms with Crippen molar-refractivity contribution in [2.75, 3.05) is 21.9 Å². The fourth-order valence-electron chi connectivity index (χ4n) is 3.95. The van der Waals surface area contributed by atoms with E-state index in [1.807, 2.05) is 4.68 Å². The number of carbonyl (C=O) groups excluding carboxylic acids is 1. The number of amides is 1. The second kappa shape index (κ2) is 7.34. The first kappa shape index (κ1) is 18.0. The molecule has 1 aliphatic carbocycles. The molecule has 144 valence electrons. The smallest absolute Gasteiger partial charge is 0.256 e. The fraction of sp³-hybridized carbons (Fsp3) is 0.474. The van der Waals surface area contributed by atoms with Gasteiger partial charge in [0.05, 0.1) is 23.7 Å². The van der Waals surface area contributed by atoms with Crippen molar-refractivity contribution >= 4 is 27.4 Å². The first-order chi connectivity index (χ1) is 13.0. The maximum Gasteiger partial charge on any atom is 0.256 e. The van der Waals surface area contributed by atoms with Gasteiger partial charge in [0.15, 0.2) is 0 Å². The minimum atomic E-state index is -3.27. The highest BCUT2D eigenvalue weighted by molar-refractivity contribution is 7.93. The molecule has 1 aromatic heterocycles. The molecule has 0 atom stereocenters. The van der Waals surface area contributed by atoms with E-state index in [0.717, 1.165) is 12.8 Å². The highest BCUT2D eigenvalue weighted by Gasteiger charge is 2.28. The van der Waals surface area contributed by atoms with Crippen LogP contribution < -0.4 is 9.62 Å². The Bertz CT molecular complexity index is 932. The van der Waals surface area contributed by atoms with Gasteiger partial charge in [0.2, 0.25) is 10.0 Å². The van der Waals surface area contributed by atoms with Crippen LogP contribution in [0.1, 0.15) is 54.9 Å². The first-order valence-electron chi connectivity index (χ1n) is 9.50. The summed E-state index contributed by atoms with van der Waals surface area (Å²) in [5.74, 6) is 0.585. The van der Waals surface area contributed by atoms with Crippen molar-refractivity contribution in [3.8, 4) is 0 Å². The van der Waals surface area contributed by atoms with Crippen molar-refractivity contribution in [2.45, 2.75) is 44.6 Å². The number of rotatable bonds is 4. The minimum Gasteiger partial charge on any atom is -0.307 e. The van der Waals surface area contributed by atoms with Gasteiger partial charge in [-0.3, -0.25) is 9.10 Å². The molecule has 1 aliphatic heterocycles. The van der Waals surface area contributed by atoms with Gasteiger partial charge in [0.25, 0.3) is 5.91 Å². The fourth-order valence-corrected chi connectivity index (χ4v) is 5.51. The van der Waals surface area contributed by atoms with Crippen LogP contribution in [0.5, 0.6) is 0 Å². The van der Waals surface area contributed by atoms with Gasteiger partial charge in [-0.2, -0.15) is 5.10 Å². The maximum absolute atomic E-state index is 12.8. The highest BCUT2D eigenvalue weighted by Crippen LogP contribution is 2.30. The molecule has 2 aliphatic rings. The Morgan fingerprint density at radius 2 is 1.93 bits per heavy atom. The van der Waals surface area contributed by atoms with Gasteiger partial charge in [-0.25, -0.2) is 13.1 Å². The monoisotopic (exact) mass is 388 g/mol. The largest absolute Gasteiger partial charge is 0.307 e. The lowest BCUT2D eigenvalue weighted by Gasteiger charge is -2.24. The van der Waals surface area contributed by atoms with Gasteiger partial charge in [0, 0.05) is 18.2 Å². The van der Waals surface area contributed by atoms with Crippen molar-refractivity contribution < 1.29 is 13.2 Å². The van der Waals surface area contributed by atoms with Crippen LogP contribution in [0.2, 0.25) is 0 Å². The van der Waals surface area contributed by atoms with Gasteiger partial charge in [-0.1, -0.05) is 25.3 Å². The van der Waals surface area contributed by atoms with Crippen molar-refractivity contribution in [1.82, 2.24) is 9.78 Å². The van der Waals surface area contributed by atoms with Gasteiger partial charge in [-0.15, -0.1) is 0 Å². The Hall–Kier alpha value is -2.35. The molecule has 27 heavy (non-hydrogen) atoms. The van der Waals surface area contributed by atoms with Crippen LogP contribution in [-0.4, -0.2) is 36.4 Å². The molecule has 1 saturated heterocycles. The summed E-state index contributed by atoms with van der Waals surface area (Å²) in [4.78, 5) is 12.8. The average Bonchev–Trinajstić information content (AvgIpc) is 3.28. The van der Waals surface area contributed by atoms with Crippen LogP contribution in [-0.2, 0) is 10.0 Å². The molecule has 1 amide bonds. The summed E-state index contributed by atoms with van der Waals surface area (Å²) in [5, 5.41) is 7.34. The number of nitrogens with zero attached hydrogens (tertiary/aromatic N) is 3. The zero-order chi connectivity index (χ0) is 18.9. The molecule has 8 heteroatoms. The third-order valence-corrected chi connectivity index (χ3v) is 7.20. The van der Waals surface area contributed by atoms with Gasteiger partial charge in [0.1, 0.15) is 5.82 Å². The first-order valence-corrected chi connectivity index (χ1v) is 11.1. The van der Waals surface area contributed by atoms with Crippen LogP contribution in [0.3, 0.4) is 0 Å². The number of carbonyl (C=O) groups is 1. The highest BCUT2D eigenvalue weighted by atomic mass is 32.2. The molecule has 0 bridgehead atoms. The molecular weight excluding hydrogens is 364 g/mol. The summed E-state index contributed by atoms with van der Waals surface area (Å²) in [6, 6.07) is 8.91. The Kier molecular flexibility index (Phi) is 4.90. The zero-order valence-electron chi connectivity index (χ0n) is 15.2. The molecule has 4 rings (SSSR count). The predicted molar refractivity (Wildman–Crippen MR) is 104 cm³/mol. The molecule has 0 unspecified atom stereocenters. The number of hydrogen-bond donors (Lipinski definition) is 1. The third kappa shape index (κ3) is 3.71. The van der Waals surface area contributed by atoms with E-state index in [1.165, 1.54) is 23.6 Å². The lowest BCUT2D eigenvalue weighted by Crippen LogP contribution is -2.25. The second-order valence-electron chi connectivity index (χ2n) is 7.20. The average molecular weight is 388 g/mol. The van der Waals surface area contributed by atoms with Crippen molar-refractivity contribution in [2.24, 2.45) is 0 Å². The molecule has 1 aromatic carbocycles. The molecule has 2 heterocycles. The van der Waals surface area contributed by atoms with Crippen molar-refractivity contribution in [3.63, 3.8) is 0 Å². The SMILES string of the molecule is O=C(Nc1ccnn1C1CCCCC1)c1cccc(N2CCCS2(=O)=O)c1. The molecule has 2 aromatic rings. The van der Waals surface area contributed by atoms with E-state index in [4.69, 9.17) is 0 Å². The number of sulfonamides is 1. The Morgan fingerprint density at radius 1 is 1.11 bits per heavy atom. The number of anilines is 2. The van der Waals surface area contributed by atoms with Crippen LogP contribution in [0, 0.1) is 0 Å². The van der Waals surface area contributed by atoms with Crippen LogP contribution in [0.4, 0.5) is 11.5 Å². The van der Waals surface area contributed by atoms with E-state index in [2.05, 4.69) is 10.4 Å². The topological polar surface area (TPSA) is 84.3 Å². The molecule has 1 N–H and O–H groups in total. The Morgan fingerprint density at radius 3 is 2.67 bits per heavy atom. The number of nitrogens with one attached hydrogen (secondary N) is 1. The molecule has 0 radical (unpaired) electrons. The lowest BCUT2D eigenvalue weighted by atomic mass is 9.96. The maximum atomic E-state index is 12.8. The van der Waals surface area contributed by atoms with Gasteiger partial charge in [-0.05, 0) is 37.5 Å². The van der Waals surface area contributed by atoms with E-state index in [-0.39, 0.29) is 11.7 Å². The minimum absolute atomic E-state index is 0.157. The summed E-state index contributed by atoms with van der Waals surface area (Å²) in [5.41, 5.74) is 0.979. The Balaban J connectivity index is 1.53. The summed E-state index contributed by atoms with van der Waals surface area (Å²) in [6.45, 7) is 0.460. The molecule has 1 saturated carbocycles. The predicted octanol–water partition coefficient (Wildman–Crippen LogP) is 3.18. The van der Waals surface area contributed by atoms with Crippen LogP contribution in [0.15, 0.2) is 36.5 Å². The second-order valence-corrected chi connectivity index (χ2v) is 9.21. The van der Waals surface area contributed by atoms with E-state index < -0.39 is 10.0 Å². The van der Waals surface area contributed by atoms with Crippen LogP contribution >= 0.6 is 0 Å². The quantitative estimate of drug-likeness (QED) is 0.872. The molecular formula is C19H24N4O3S. The summed E-state index contributed by atoms with van der Waals surface area (Å²) >= 11 is 0. The standard InChI is InChI=1S/C19H24N4O3S/c24-19(21-18-10-11-20-23(18)16-7-2-1-3-8-16)15-6-4-9-17(14-15)22-12-5-13-27(22,25)26/h4,6,9-11,14,16H,1-3,5,7-8,12-13H2,(H,21,24). The summed E-state index contributed by atoms with van der Waals surface area (Å²) in [7, 11) is -3.27. The van der Waals surface area contributed by atoms with E-state index in [0.29, 0.717) is 36.1 Å². The van der Waals surface area contributed by atoms with Gasteiger partial charge >= 0.3 is 0 Å². The third-order valence-electron chi connectivity index (χ3n) is 5.33. The molecule has 7 nitrogen and oxygen atoms in total.